The van der Waals surface area contributed by atoms with Crippen LogP contribution >= 0.6 is 0 Å². The normalized spacial score (nSPS) is 10.1. The van der Waals surface area contributed by atoms with E-state index >= 15 is 0 Å². The Morgan fingerprint density at radius 2 is 1.93 bits per heavy atom. The molecule has 0 rings (SSSR count). The number of hydrogen-bond acceptors (Lipinski definition) is 4. The number of amides is 1. The van der Waals surface area contributed by atoms with Crippen molar-refractivity contribution >= 4 is 12.1 Å². The first-order valence-corrected chi connectivity index (χ1v) is 3.46. The molecular weight excluding hydrogens is 190 g/mol. The molecule has 0 aliphatic rings. The van der Waals surface area contributed by atoms with Crippen molar-refractivity contribution in [1.29, 1.82) is 0 Å². The average molecular weight is 203 g/mol. The molecule has 0 aliphatic heterocycles. The smallest absolute Gasteiger partial charge is 0.407 e. The van der Waals surface area contributed by atoms with Gasteiger partial charge in [0.05, 0.1) is 0 Å². The lowest BCUT2D eigenvalue weighted by Gasteiger charge is -2.01. The standard InChI is InChI=1S/C4H7NO3.C4H6O2/c1-2-3(6)8-4(5)7;1-3(2)4(5)6/h2-3,6H,1H2,(H2,5,7);1H2,2H3,(H,5,6). The van der Waals surface area contributed by atoms with Gasteiger partial charge in [0, 0.05) is 5.57 Å². The van der Waals surface area contributed by atoms with Gasteiger partial charge in [-0.2, -0.15) is 0 Å². The highest BCUT2D eigenvalue weighted by Crippen LogP contribution is 1.84. The number of carboxylic acid groups (broad SMARTS) is 1. The predicted molar refractivity (Wildman–Crippen MR) is 49.3 cm³/mol. The van der Waals surface area contributed by atoms with E-state index in [0.717, 1.165) is 6.08 Å². The van der Waals surface area contributed by atoms with Crippen LogP contribution in [0.1, 0.15) is 6.92 Å². The van der Waals surface area contributed by atoms with Gasteiger partial charge in [0.2, 0.25) is 6.29 Å². The Labute approximate surface area is 81.3 Å². The maximum absolute atomic E-state index is 9.76. The molecular formula is C8H13NO5. The van der Waals surface area contributed by atoms with Crippen molar-refractivity contribution in [3.8, 4) is 0 Å². The van der Waals surface area contributed by atoms with Gasteiger partial charge in [-0.3, -0.25) is 0 Å². The Balaban J connectivity index is 0. The Morgan fingerprint density at radius 1 is 1.57 bits per heavy atom. The second-order valence-electron chi connectivity index (χ2n) is 2.15. The fourth-order valence-electron chi connectivity index (χ4n) is 0.167. The zero-order valence-corrected chi connectivity index (χ0v) is 7.77. The molecule has 0 heterocycles. The molecule has 0 aromatic carbocycles. The zero-order chi connectivity index (χ0) is 11.7. The van der Waals surface area contributed by atoms with Gasteiger partial charge >= 0.3 is 12.1 Å². The summed E-state index contributed by atoms with van der Waals surface area (Å²) < 4.78 is 3.98. The Kier molecular flexibility index (Phi) is 8.20. The van der Waals surface area contributed by atoms with Crippen LogP contribution in [-0.4, -0.2) is 28.6 Å². The monoisotopic (exact) mass is 203 g/mol. The molecule has 0 aromatic heterocycles. The number of carbonyl (C=O) groups is 2. The Hall–Kier alpha value is -1.82. The summed E-state index contributed by atoms with van der Waals surface area (Å²) in [7, 11) is 0. The molecule has 14 heavy (non-hydrogen) atoms. The quantitative estimate of drug-likeness (QED) is 0.345. The molecule has 0 radical (unpaired) electrons. The third-order valence-electron chi connectivity index (χ3n) is 0.804. The van der Waals surface area contributed by atoms with Crippen LogP contribution in [0.25, 0.3) is 0 Å². The number of rotatable bonds is 3. The molecule has 1 unspecified atom stereocenters. The van der Waals surface area contributed by atoms with E-state index in [1.165, 1.54) is 6.92 Å². The zero-order valence-electron chi connectivity index (χ0n) is 7.77. The average Bonchev–Trinajstić information content (AvgIpc) is 2.04. The van der Waals surface area contributed by atoms with E-state index in [4.69, 9.17) is 10.2 Å². The maximum Gasteiger partial charge on any atom is 0.407 e. The summed E-state index contributed by atoms with van der Waals surface area (Å²) in [5.41, 5.74) is 4.68. The Morgan fingerprint density at radius 3 is 2.00 bits per heavy atom. The molecule has 0 bridgehead atoms. The molecule has 1 amide bonds. The fraction of sp³-hybridized carbons (Fsp3) is 0.250. The summed E-state index contributed by atoms with van der Waals surface area (Å²) in [6, 6.07) is 0. The predicted octanol–water partition coefficient (Wildman–Crippen LogP) is 0.233. The van der Waals surface area contributed by atoms with E-state index in [1.54, 1.807) is 0 Å². The van der Waals surface area contributed by atoms with Gasteiger partial charge in [0.1, 0.15) is 0 Å². The molecule has 0 fully saturated rings. The first-order valence-electron chi connectivity index (χ1n) is 3.46. The van der Waals surface area contributed by atoms with Crippen LogP contribution in [0, 0.1) is 0 Å². The summed E-state index contributed by atoms with van der Waals surface area (Å²) in [4.78, 5) is 19.4. The first-order chi connectivity index (χ1) is 6.31. The summed E-state index contributed by atoms with van der Waals surface area (Å²) >= 11 is 0. The van der Waals surface area contributed by atoms with E-state index in [0.29, 0.717) is 0 Å². The number of aliphatic hydroxyl groups excluding tert-OH is 1. The van der Waals surface area contributed by atoms with Gasteiger partial charge in [0.25, 0.3) is 0 Å². The minimum atomic E-state index is -1.28. The second kappa shape index (κ2) is 7.81. The van der Waals surface area contributed by atoms with Gasteiger partial charge < -0.3 is 20.7 Å². The highest BCUT2D eigenvalue weighted by molar-refractivity contribution is 5.84. The summed E-state index contributed by atoms with van der Waals surface area (Å²) in [6.07, 6.45) is -1.25. The van der Waals surface area contributed by atoms with Gasteiger partial charge in [-0.25, -0.2) is 9.59 Å². The molecule has 1 atom stereocenters. The summed E-state index contributed by atoms with van der Waals surface area (Å²) in [5, 5.41) is 16.3. The van der Waals surface area contributed by atoms with E-state index in [9.17, 15) is 9.59 Å². The third kappa shape index (κ3) is 12.8. The number of aliphatic hydroxyl groups is 1. The molecule has 0 aromatic rings. The summed E-state index contributed by atoms with van der Waals surface area (Å²) in [5.74, 6) is -0.935. The van der Waals surface area contributed by atoms with E-state index in [2.05, 4.69) is 23.6 Å². The number of ether oxygens (including phenoxy) is 1. The van der Waals surface area contributed by atoms with Crippen LogP contribution < -0.4 is 5.73 Å². The van der Waals surface area contributed by atoms with Crippen LogP contribution in [-0.2, 0) is 9.53 Å². The van der Waals surface area contributed by atoms with Crippen LogP contribution in [0.4, 0.5) is 4.79 Å². The molecule has 6 nitrogen and oxygen atoms in total. The Bertz CT molecular complexity index is 224. The van der Waals surface area contributed by atoms with Gasteiger partial charge in [-0.05, 0) is 13.0 Å². The van der Waals surface area contributed by atoms with Crippen molar-refractivity contribution in [2.75, 3.05) is 0 Å². The van der Waals surface area contributed by atoms with Crippen molar-refractivity contribution in [2.24, 2.45) is 5.73 Å². The number of nitrogens with two attached hydrogens (primary N) is 1. The van der Waals surface area contributed by atoms with E-state index in [-0.39, 0.29) is 5.57 Å². The number of aliphatic carboxylic acids is 1. The highest BCUT2D eigenvalue weighted by atomic mass is 16.6. The minimum Gasteiger partial charge on any atom is -0.478 e. The van der Waals surface area contributed by atoms with E-state index < -0.39 is 18.4 Å². The number of hydrogen-bond donors (Lipinski definition) is 3. The molecule has 0 aliphatic carbocycles. The van der Waals surface area contributed by atoms with Gasteiger partial charge in [-0.15, -0.1) is 0 Å². The fourth-order valence-corrected chi connectivity index (χ4v) is 0.167. The molecule has 6 heteroatoms. The summed E-state index contributed by atoms with van der Waals surface area (Å²) in [6.45, 7) is 7.73. The van der Waals surface area contributed by atoms with Crippen molar-refractivity contribution in [2.45, 2.75) is 13.2 Å². The first kappa shape index (κ1) is 14.7. The van der Waals surface area contributed by atoms with Gasteiger partial charge in [0.15, 0.2) is 0 Å². The van der Waals surface area contributed by atoms with Crippen molar-refractivity contribution < 1.29 is 24.5 Å². The lowest BCUT2D eigenvalue weighted by atomic mass is 10.4. The van der Waals surface area contributed by atoms with Crippen molar-refractivity contribution in [1.82, 2.24) is 0 Å². The molecule has 80 valence electrons. The largest absolute Gasteiger partial charge is 0.478 e. The molecule has 4 N–H and O–H groups in total. The lowest BCUT2D eigenvalue weighted by Crippen LogP contribution is -2.20. The number of carbonyl (C=O) groups excluding carboxylic acids is 1. The topological polar surface area (TPSA) is 110 Å². The van der Waals surface area contributed by atoms with E-state index in [1.807, 2.05) is 0 Å². The third-order valence-corrected chi connectivity index (χ3v) is 0.804. The number of primary amides is 1. The lowest BCUT2D eigenvalue weighted by molar-refractivity contribution is -0.132. The highest BCUT2D eigenvalue weighted by Gasteiger charge is 1.99. The van der Waals surface area contributed by atoms with Crippen molar-refractivity contribution in [3.63, 3.8) is 0 Å². The molecule has 0 spiro atoms. The second-order valence-corrected chi connectivity index (χ2v) is 2.15. The van der Waals surface area contributed by atoms with Crippen LogP contribution in [0.2, 0.25) is 0 Å². The van der Waals surface area contributed by atoms with Gasteiger partial charge in [-0.1, -0.05) is 13.2 Å². The SMILES string of the molecule is C=C(C)C(=O)O.C=CC(O)OC(N)=O. The molecule has 0 saturated heterocycles. The molecule has 0 saturated carbocycles. The van der Waals surface area contributed by atoms with Crippen LogP contribution in [0.5, 0.6) is 0 Å². The van der Waals surface area contributed by atoms with Crippen LogP contribution in [0.15, 0.2) is 24.8 Å². The van der Waals surface area contributed by atoms with Crippen LogP contribution in [0.3, 0.4) is 0 Å². The minimum absolute atomic E-state index is 0.176. The van der Waals surface area contributed by atoms with Crippen molar-refractivity contribution in [3.05, 3.63) is 24.8 Å². The maximum atomic E-state index is 9.76. The number of carboxylic acids is 1.